The average Bonchev–Trinajstić information content (AvgIpc) is 3.04. The lowest BCUT2D eigenvalue weighted by atomic mass is 9.86. The molecule has 0 radical (unpaired) electrons. The van der Waals surface area contributed by atoms with Crippen LogP contribution in [-0.2, 0) is 0 Å². The Morgan fingerprint density at radius 3 is 0.632 bits per heavy atom. The molecule has 184 valence electrons. The van der Waals surface area contributed by atoms with Crippen molar-refractivity contribution < 1.29 is 0 Å². The predicted octanol–water partition coefficient (Wildman–Crippen LogP) is 8.86. The summed E-state index contributed by atoms with van der Waals surface area (Å²) in [5.74, 6) is 0. The standard InChI is InChI=1S/C26H20.2C5H5N/c1-5-13-21(14-6-1)25(22-15-7-2-8-16-22)26(23-17-9-3-10-18-23)24-19-11-4-12-20-24;2*1-2-4-6-5-3-1/h1-20H;2*1-5H. The average molecular weight is 491 g/mol. The first-order valence-electron chi connectivity index (χ1n) is 12.6. The molecule has 0 atom stereocenters. The van der Waals surface area contributed by atoms with Crippen LogP contribution in [0.4, 0.5) is 0 Å². The second-order valence-corrected chi connectivity index (χ2v) is 8.26. The van der Waals surface area contributed by atoms with Crippen LogP contribution in [0.1, 0.15) is 22.3 Å². The van der Waals surface area contributed by atoms with Crippen molar-refractivity contribution in [3.8, 4) is 0 Å². The van der Waals surface area contributed by atoms with Gasteiger partial charge in [0.05, 0.1) is 0 Å². The number of rotatable bonds is 4. The van der Waals surface area contributed by atoms with Gasteiger partial charge in [-0.15, -0.1) is 0 Å². The van der Waals surface area contributed by atoms with Crippen molar-refractivity contribution in [1.29, 1.82) is 0 Å². The van der Waals surface area contributed by atoms with Gasteiger partial charge in [-0.25, -0.2) is 0 Å². The molecule has 0 aliphatic heterocycles. The van der Waals surface area contributed by atoms with E-state index in [-0.39, 0.29) is 0 Å². The Labute approximate surface area is 225 Å². The van der Waals surface area contributed by atoms with Crippen LogP contribution >= 0.6 is 0 Å². The Morgan fingerprint density at radius 2 is 0.474 bits per heavy atom. The zero-order valence-electron chi connectivity index (χ0n) is 21.2. The van der Waals surface area contributed by atoms with E-state index in [1.165, 1.54) is 33.4 Å². The summed E-state index contributed by atoms with van der Waals surface area (Å²) in [6.45, 7) is 0. The number of aromatic nitrogens is 2. The second-order valence-electron chi connectivity index (χ2n) is 8.26. The smallest absolute Gasteiger partial charge is 0.0267 e. The van der Waals surface area contributed by atoms with Crippen LogP contribution in [0.25, 0.3) is 11.1 Å². The van der Waals surface area contributed by atoms with Gasteiger partial charge in [0.1, 0.15) is 0 Å². The number of benzene rings is 4. The molecular formula is C36H30N2. The lowest BCUT2D eigenvalue weighted by Crippen LogP contribution is -1.97. The summed E-state index contributed by atoms with van der Waals surface area (Å²) in [7, 11) is 0. The van der Waals surface area contributed by atoms with Crippen molar-refractivity contribution in [3.05, 3.63) is 205 Å². The molecule has 2 heterocycles. The summed E-state index contributed by atoms with van der Waals surface area (Å²) in [6.07, 6.45) is 7.00. The molecule has 0 saturated carbocycles. The first-order chi connectivity index (χ1) is 18.9. The van der Waals surface area contributed by atoms with E-state index in [0.29, 0.717) is 0 Å². The van der Waals surface area contributed by atoms with Crippen molar-refractivity contribution in [3.63, 3.8) is 0 Å². The molecule has 0 unspecified atom stereocenters. The third-order valence-electron chi connectivity index (χ3n) is 5.63. The lowest BCUT2D eigenvalue weighted by molar-refractivity contribution is 1.33. The van der Waals surface area contributed by atoms with Gasteiger partial charge in [0.2, 0.25) is 0 Å². The molecule has 0 aliphatic rings. The van der Waals surface area contributed by atoms with Gasteiger partial charge in [0.25, 0.3) is 0 Å². The molecule has 0 fully saturated rings. The third-order valence-corrected chi connectivity index (χ3v) is 5.63. The first-order valence-corrected chi connectivity index (χ1v) is 12.6. The Bertz CT molecular complexity index is 1200. The van der Waals surface area contributed by atoms with Crippen molar-refractivity contribution in [2.75, 3.05) is 0 Å². The Kier molecular flexibility index (Phi) is 10.3. The fourth-order valence-electron chi connectivity index (χ4n) is 3.96. The topological polar surface area (TPSA) is 25.8 Å². The molecule has 0 amide bonds. The minimum atomic E-state index is 1.22. The van der Waals surface area contributed by atoms with Crippen molar-refractivity contribution >= 4 is 11.1 Å². The lowest BCUT2D eigenvalue weighted by Gasteiger charge is -2.18. The van der Waals surface area contributed by atoms with Crippen molar-refractivity contribution in [2.45, 2.75) is 0 Å². The Balaban J connectivity index is 0.000000229. The highest BCUT2D eigenvalue weighted by atomic mass is 14.6. The maximum Gasteiger partial charge on any atom is 0.0267 e. The zero-order chi connectivity index (χ0) is 26.1. The normalized spacial score (nSPS) is 9.58. The van der Waals surface area contributed by atoms with Crippen molar-refractivity contribution in [2.24, 2.45) is 0 Å². The molecule has 2 heteroatoms. The SMILES string of the molecule is c1ccc(C(=C(c2ccccc2)c2ccccc2)c2ccccc2)cc1.c1ccncc1.c1ccncc1. The molecule has 0 saturated heterocycles. The van der Waals surface area contributed by atoms with Crippen LogP contribution in [0.15, 0.2) is 183 Å². The third kappa shape index (κ3) is 7.97. The monoisotopic (exact) mass is 490 g/mol. The minimum Gasteiger partial charge on any atom is -0.265 e. The largest absolute Gasteiger partial charge is 0.265 e. The van der Waals surface area contributed by atoms with E-state index in [2.05, 4.69) is 131 Å². The van der Waals surface area contributed by atoms with Gasteiger partial charge in [0, 0.05) is 24.8 Å². The quantitative estimate of drug-likeness (QED) is 0.231. The molecule has 2 aromatic heterocycles. The van der Waals surface area contributed by atoms with E-state index >= 15 is 0 Å². The maximum absolute atomic E-state index is 3.78. The molecule has 0 aliphatic carbocycles. The fraction of sp³-hybridized carbons (Fsp3) is 0. The minimum absolute atomic E-state index is 1.22. The number of nitrogens with zero attached hydrogens (tertiary/aromatic N) is 2. The highest BCUT2D eigenvalue weighted by Gasteiger charge is 2.15. The molecule has 0 bridgehead atoms. The maximum atomic E-state index is 3.78. The molecule has 38 heavy (non-hydrogen) atoms. The van der Waals surface area contributed by atoms with E-state index in [0.717, 1.165) is 0 Å². The van der Waals surface area contributed by atoms with Gasteiger partial charge in [-0.05, 0) is 57.7 Å². The Hall–Kier alpha value is -5.08. The fourth-order valence-corrected chi connectivity index (χ4v) is 3.96. The zero-order valence-corrected chi connectivity index (χ0v) is 21.2. The highest BCUT2D eigenvalue weighted by Crippen LogP contribution is 2.36. The van der Waals surface area contributed by atoms with Gasteiger partial charge in [0.15, 0.2) is 0 Å². The van der Waals surface area contributed by atoms with Crippen LogP contribution < -0.4 is 0 Å². The number of hydrogen-bond donors (Lipinski definition) is 0. The summed E-state index contributed by atoms with van der Waals surface area (Å²) in [4.78, 5) is 7.57. The second kappa shape index (κ2) is 15.1. The predicted molar refractivity (Wildman–Crippen MR) is 159 cm³/mol. The van der Waals surface area contributed by atoms with Gasteiger partial charge < -0.3 is 0 Å². The number of pyridine rings is 2. The van der Waals surface area contributed by atoms with E-state index in [4.69, 9.17) is 0 Å². The molecule has 6 rings (SSSR count). The van der Waals surface area contributed by atoms with Crippen LogP contribution in [0.5, 0.6) is 0 Å². The summed E-state index contributed by atoms with van der Waals surface area (Å²) in [5.41, 5.74) is 7.40. The van der Waals surface area contributed by atoms with E-state index in [1.54, 1.807) is 24.8 Å². The molecule has 0 N–H and O–H groups in total. The molecule has 2 nitrogen and oxygen atoms in total. The molecule has 4 aromatic carbocycles. The van der Waals surface area contributed by atoms with Gasteiger partial charge >= 0.3 is 0 Å². The van der Waals surface area contributed by atoms with E-state index in [9.17, 15) is 0 Å². The summed E-state index contributed by atoms with van der Waals surface area (Å²) >= 11 is 0. The van der Waals surface area contributed by atoms with Crippen LogP contribution in [0.2, 0.25) is 0 Å². The summed E-state index contributed by atoms with van der Waals surface area (Å²) < 4.78 is 0. The van der Waals surface area contributed by atoms with Crippen LogP contribution in [0.3, 0.4) is 0 Å². The van der Waals surface area contributed by atoms with Crippen LogP contribution in [-0.4, -0.2) is 9.97 Å². The van der Waals surface area contributed by atoms with Crippen molar-refractivity contribution in [1.82, 2.24) is 9.97 Å². The van der Waals surface area contributed by atoms with Crippen LogP contribution in [0, 0.1) is 0 Å². The highest BCUT2D eigenvalue weighted by molar-refractivity contribution is 6.04. The molecule has 6 aromatic rings. The summed E-state index contributed by atoms with van der Waals surface area (Å²) in [5, 5.41) is 0. The van der Waals surface area contributed by atoms with E-state index in [1.807, 2.05) is 36.4 Å². The number of hydrogen-bond acceptors (Lipinski definition) is 2. The first kappa shape index (κ1) is 26.0. The Morgan fingerprint density at radius 1 is 0.263 bits per heavy atom. The van der Waals surface area contributed by atoms with Gasteiger partial charge in [-0.2, -0.15) is 0 Å². The molecular weight excluding hydrogens is 460 g/mol. The molecule has 0 spiro atoms. The van der Waals surface area contributed by atoms with Gasteiger partial charge in [-0.3, -0.25) is 9.97 Å². The van der Waals surface area contributed by atoms with E-state index < -0.39 is 0 Å². The van der Waals surface area contributed by atoms with Gasteiger partial charge in [-0.1, -0.05) is 133 Å². The summed E-state index contributed by atoms with van der Waals surface area (Å²) in [6, 6.07) is 54.0.